The van der Waals surface area contributed by atoms with Gasteiger partial charge >= 0.3 is 5.97 Å². The molecule has 110 valence electrons. The highest BCUT2D eigenvalue weighted by Gasteiger charge is 2.19. The minimum absolute atomic E-state index is 0.133. The third-order valence-electron chi connectivity index (χ3n) is 2.60. The van der Waals surface area contributed by atoms with Gasteiger partial charge in [-0.3, -0.25) is 9.59 Å². The molecule has 1 rings (SSSR count). The molecule has 1 amide bonds. The zero-order chi connectivity index (χ0) is 15.3. The van der Waals surface area contributed by atoms with Crippen molar-refractivity contribution < 1.29 is 27.5 Å². The first-order valence-electron chi connectivity index (χ1n) is 5.80. The minimum atomic E-state index is -1.30. The topological polar surface area (TPSA) is 55.4 Å². The summed E-state index contributed by atoms with van der Waals surface area (Å²) in [6, 6.07) is 0.365. The van der Waals surface area contributed by atoms with E-state index in [0.29, 0.717) is 12.1 Å². The van der Waals surface area contributed by atoms with Gasteiger partial charge in [-0.05, 0) is 18.1 Å². The summed E-state index contributed by atoms with van der Waals surface area (Å²) in [6.07, 6.45) is -0.355. The molecule has 1 N–H and O–H groups in total. The smallest absolute Gasteiger partial charge is 0.307 e. The number of rotatable bonds is 5. The van der Waals surface area contributed by atoms with Gasteiger partial charge in [-0.2, -0.15) is 0 Å². The molecule has 0 radical (unpaired) electrons. The highest BCUT2D eigenvalue weighted by atomic mass is 19.2. The van der Waals surface area contributed by atoms with Gasteiger partial charge in [0, 0.05) is 19.0 Å². The van der Waals surface area contributed by atoms with E-state index >= 15 is 0 Å². The lowest BCUT2D eigenvalue weighted by atomic mass is 10.0. The van der Waals surface area contributed by atoms with Crippen LogP contribution < -0.4 is 5.32 Å². The number of carbonyl (C=O) groups excluding carboxylic acids is 2. The quantitative estimate of drug-likeness (QED) is 0.663. The third kappa shape index (κ3) is 4.56. The Labute approximate surface area is 113 Å². The Balaban J connectivity index is 2.91. The molecule has 0 bridgehead atoms. The van der Waals surface area contributed by atoms with Crippen LogP contribution in [0.4, 0.5) is 13.2 Å². The fourth-order valence-electron chi connectivity index (χ4n) is 1.73. The van der Waals surface area contributed by atoms with Crippen molar-refractivity contribution in [2.75, 3.05) is 7.11 Å². The molecule has 20 heavy (non-hydrogen) atoms. The zero-order valence-electron chi connectivity index (χ0n) is 11.0. The molecule has 0 aliphatic heterocycles. The van der Waals surface area contributed by atoms with E-state index in [1.54, 1.807) is 0 Å². The van der Waals surface area contributed by atoms with Crippen molar-refractivity contribution in [3.63, 3.8) is 0 Å². The van der Waals surface area contributed by atoms with Gasteiger partial charge in [-0.1, -0.05) is 0 Å². The number of benzene rings is 1. The number of methoxy groups -OCH3 is 1. The van der Waals surface area contributed by atoms with E-state index < -0.39 is 35.4 Å². The summed E-state index contributed by atoms with van der Waals surface area (Å²) in [4.78, 5) is 22.2. The van der Waals surface area contributed by atoms with E-state index in [1.807, 2.05) is 0 Å². The summed E-state index contributed by atoms with van der Waals surface area (Å²) < 4.78 is 43.9. The maximum absolute atomic E-state index is 13.5. The average molecular weight is 289 g/mol. The van der Waals surface area contributed by atoms with Crippen LogP contribution in [0, 0.1) is 17.5 Å². The number of nitrogens with one attached hydrogen (secondary N) is 1. The highest BCUT2D eigenvalue weighted by Crippen LogP contribution is 2.16. The second-order valence-corrected chi connectivity index (χ2v) is 4.24. The van der Waals surface area contributed by atoms with Gasteiger partial charge in [0.15, 0.2) is 11.6 Å². The number of hydrogen-bond acceptors (Lipinski definition) is 3. The Hall–Kier alpha value is -2.05. The van der Waals surface area contributed by atoms with Crippen molar-refractivity contribution in [3.05, 3.63) is 35.1 Å². The molecule has 0 heterocycles. The van der Waals surface area contributed by atoms with Crippen molar-refractivity contribution in [2.24, 2.45) is 0 Å². The van der Waals surface area contributed by atoms with Crippen LogP contribution in [0.15, 0.2) is 12.1 Å². The van der Waals surface area contributed by atoms with Gasteiger partial charge in [0.25, 0.3) is 0 Å². The summed E-state index contributed by atoms with van der Waals surface area (Å²) in [5, 5.41) is 2.43. The average Bonchev–Trinajstić information content (AvgIpc) is 2.34. The van der Waals surface area contributed by atoms with Gasteiger partial charge in [0.1, 0.15) is 5.82 Å². The molecule has 0 fully saturated rings. The fraction of sp³-hybridized carbons (Fsp3) is 0.385. The van der Waals surface area contributed by atoms with Crippen LogP contribution in [0.5, 0.6) is 0 Å². The Morgan fingerprint density at radius 2 is 1.80 bits per heavy atom. The molecule has 0 aliphatic carbocycles. The lowest BCUT2D eigenvalue weighted by molar-refractivity contribution is -0.141. The molecule has 0 saturated carbocycles. The van der Waals surface area contributed by atoms with Crippen molar-refractivity contribution in [3.8, 4) is 0 Å². The lowest BCUT2D eigenvalue weighted by Gasteiger charge is -2.17. The van der Waals surface area contributed by atoms with Crippen molar-refractivity contribution in [1.82, 2.24) is 5.32 Å². The Bertz CT molecular complexity index is 520. The molecule has 1 aromatic carbocycles. The van der Waals surface area contributed by atoms with Crippen molar-refractivity contribution in [2.45, 2.75) is 25.8 Å². The van der Waals surface area contributed by atoms with E-state index in [0.717, 1.165) is 0 Å². The summed E-state index contributed by atoms with van der Waals surface area (Å²) in [7, 11) is 1.17. The molecule has 0 aliphatic rings. The number of halogens is 3. The largest absolute Gasteiger partial charge is 0.469 e. The van der Waals surface area contributed by atoms with Gasteiger partial charge in [0.05, 0.1) is 13.5 Å². The number of esters is 1. The van der Waals surface area contributed by atoms with Gasteiger partial charge in [-0.15, -0.1) is 0 Å². The van der Waals surface area contributed by atoms with Gasteiger partial charge in [-0.25, -0.2) is 13.2 Å². The fourth-order valence-corrected chi connectivity index (χ4v) is 1.73. The second-order valence-electron chi connectivity index (χ2n) is 4.24. The molecule has 1 aromatic rings. The zero-order valence-corrected chi connectivity index (χ0v) is 11.0. The molecule has 1 unspecified atom stereocenters. The second kappa shape index (κ2) is 6.93. The number of hydrogen-bond donors (Lipinski definition) is 1. The lowest BCUT2D eigenvalue weighted by Crippen LogP contribution is -2.37. The SMILES string of the molecule is COC(=O)CC(Cc1cc(F)c(F)cc1F)NC(C)=O. The molecule has 0 aromatic heterocycles. The van der Waals surface area contributed by atoms with Crippen LogP contribution in [0.3, 0.4) is 0 Å². The summed E-state index contributed by atoms with van der Waals surface area (Å²) in [5.41, 5.74) is -0.133. The van der Waals surface area contributed by atoms with Crippen LogP contribution in [-0.4, -0.2) is 25.0 Å². The summed E-state index contributed by atoms with van der Waals surface area (Å²) in [5.74, 6) is -4.46. The first-order chi connectivity index (χ1) is 9.33. The maximum Gasteiger partial charge on any atom is 0.307 e. The summed E-state index contributed by atoms with van der Waals surface area (Å²) >= 11 is 0. The van der Waals surface area contributed by atoms with Crippen LogP contribution >= 0.6 is 0 Å². The standard InChI is InChI=1S/C13H14F3NO3/c1-7(18)17-9(5-13(19)20-2)3-8-4-11(15)12(16)6-10(8)14/h4,6,9H,3,5H2,1-2H3,(H,17,18). The minimum Gasteiger partial charge on any atom is -0.469 e. The van der Waals surface area contributed by atoms with E-state index in [4.69, 9.17) is 0 Å². The van der Waals surface area contributed by atoms with Crippen LogP contribution in [0.1, 0.15) is 18.9 Å². The Morgan fingerprint density at radius 1 is 1.20 bits per heavy atom. The van der Waals surface area contributed by atoms with Crippen LogP contribution in [0.25, 0.3) is 0 Å². The van der Waals surface area contributed by atoms with E-state index in [-0.39, 0.29) is 18.4 Å². The normalized spacial score (nSPS) is 11.8. The van der Waals surface area contributed by atoms with Crippen LogP contribution in [0.2, 0.25) is 0 Å². The number of amides is 1. The van der Waals surface area contributed by atoms with Crippen molar-refractivity contribution >= 4 is 11.9 Å². The van der Waals surface area contributed by atoms with Crippen molar-refractivity contribution in [1.29, 1.82) is 0 Å². The first kappa shape index (κ1) is 16.0. The van der Waals surface area contributed by atoms with E-state index in [9.17, 15) is 22.8 Å². The Morgan fingerprint density at radius 3 is 2.35 bits per heavy atom. The number of ether oxygens (including phenoxy) is 1. The molecular formula is C13H14F3NO3. The van der Waals surface area contributed by atoms with E-state index in [1.165, 1.54) is 14.0 Å². The highest BCUT2D eigenvalue weighted by molar-refractivity contribution is 5.75. The molecule has 0 saturated heterocycles. The molecular weight excluding hydrogens is 275 g/mol. The third-order valence-corrected chi connectivity index (χ3v) is 2.60. The number of carbonyl (C=O) groups is 2. The Kier molecular flexibility index (Phi) is 5.54. The predicted molar refractivity (Wildman–Crippen MR) is 64.3 cm³/mol. The summed E-state index contributed by atoms with van der Waals surface area (Å²) in [6.45, 7) is 1.23. The van der Waals surface area contributed by atoms with Crippen LogP contribution in [-0.2, 0) is 20.7 Å². The molecule has 4 nitrogen and oxygen atoms in total. The monoisotopic (exact) mass is 289 g/mol. The predicted octanol–water partition coefficient (Wildman–Crippen LogP) is 1.71. The van der Waals surface area contributed by atoms with Gasteiger partial charge in [0.2, 0.25) is 5.91 Å². The van der Waals surface area contributed by atoms with Gasteiger partial charge < -0.3 is 10.1 Å². The maximum atomic E-state index is 13.5. The molecule has 0 spiro atoms. The first-order valence-corrected chi connectivity index (χ1v) is 5.80. The van der Waals surface area contributed by atoms with E-state index in [2.05, 4.69) is 10.1 Å². The molecule has 1 atom stereocenters. The molecule has 7 heteroatoms.